The highest BCUT2D eigenvalue weighted by molar-refractivity contribution is 6.13. The minimum atomic E-state index is 0.554. The van der Waals surface area contributed by atoms with E-state index in [4.69, 9.17) is 0 Å². The van der Waals surface area contributed by atoms with Crippen LogP contribution in [0.25, 0.3) is 0 Å². The SMILES string of the molecule is CN=C(C)N=C(C1=C[CH]1)[C@@H]1CC[C@H](C)NC1. The predicted molar refractivity (Wildman–Crippen MR) is 69.0 cm³/mol. The molecule has 2 aliphatic rings. The molecule has 1 radical (unpaired) electrons. The molecule has 87 valence electrons. The van der Waals surface area contributed by atoms with Crippen molar-refractivity contribution in [3.05, 3.63) is 18.1 Å². The van der Waals surface area contributed by atoms with Crippen LogP contribution in [-0.2, 0) is 0 Å². The molecule has 3 nitrogen and oxygen atoms in total. The third kappa shape index (κ3) is 2.79. The fourth-order valence-corrected chi connectivity index (χ4v) is 2.06. The van der Waals surface area contributed by atoms with Crippen LogP contribution < -0.4 is 5.32 Å². The summed E-state index contributed by atoms with van der Waals surface area (Å²) in [7, 11) is 1.79. The largest absolute Gasteiger partial charge is 0.314 e. The quantitative estimate of drug-likeness (QED) is 0.558. The Morgan fingerprint density at radius 3 is 2.69 bits per heavy atom. The number of aliphatic imine (C=N–C) groups is 2. The summed E-state index contributed by atoms with van der Waals surface area (Å²) in [6.45, 7) is 5.25. The number of rotatable bonds is 2. The molecule has 0 amide bonds. The van der Waals surface area contributed by atoms with Crippen molar-refractivity contribution in [1.82, 2.24) is 5.32 Å². The van der Waals surface area contributed by atoms with Gasteiger partial charge in [-0.15, -0.1) is 0 Å². The molecule has 0 spiro atoms. The monoisotopic (exact) mass is 218 g/mol. The number of nitrogens with one attached hydrogen (secondary N) is 1. The van der Waals surface area contributed by atoms with Crippen molar-refractivity contribution in [2.24, 2.45) is 15.9 Å². The molecule has 0 aromatic rings. The number of amidine groups is 1. The molecule has 1 N–H and O–H groups in total. The lowest BCUT2D eigenvalue weighted by molar-refractivity contribution is 0.382. The third-order valence-electron chi connectivity index (χ3n) is 3.28. The molecule has 0 saturated carbocycles. The molecule has 2 atom stereocenters. The molecule has 3 heteroatoms. The maximum absolute atomic E-state index is 4.63. The van der Waals surface area contributed by atoms with Gasteiger partial charge in [0.15, 0.2) is 0 Å². The lowest BCUT2D eigenvalue weighted by atomic mass is 9.90. The molecule has 0 aromatic carbocycles. The van der Waals surface area contributed by atoms with Crippen LogP contribution in [-0.4, -0.2) is 31.2 Å². The summed E-state index contributed by atoms with van der Waals surface area (Å²) in [5, 5.41) is 3.52. The van der Waals surface area contributed by atoms with E-state index in [1.807, 2.05) is 6.92 Å². The van der Waals surface area contributed by atoms with E-state index in [0.717, 1.165) is 12.4 Å². The summed E-state index contributed by atoms with van der Waals surface area (Å²) in [4.78, 5) is 8.75. The zero-order valence-electron chi connectivity index (χ0n) is 10.3. The molecule has 1 aliphatic carbocycles. The maximum atomic E-state index is 4.63. The number of nitrogens with zero attached hydrogens (tertiary/aromatic N) is 2. The van der Waals surface area contributed by atoms with E-state index >= 15 is 0 Å². The fraction of sp³-hybridized carbons (Fsp3) is 0.615. The zero-order valence-corrected chi connectivity index (χ0v) is 10.3. The van der Waals surface area contributed by atoms with Gasteiger partial charge in [-0.05, 0) is 32.3 Å². The van der Waals surface area contributed by atoms with Crippen LogP contribution >= 0.6 is 0 Å². The zero-order chi connectivity index (χ0) is 11.5. The number of hydrogen-bond acceptors (Lipinski definition) is 2. The highest BCUT2D eigenvalue weighted by Crippen LogP contribution is 2.27. The molecular weight excluding hydrogens is 198 g/mol. The Morgan fingerprint density at radius 2 is 2.19 bits per heavy atom. The summed E-state index contributed by atoms with van der Waals surface area (Å²) in [6.07, 6.45) is 6.74. The third-order valence-corrected chi connectivity index (χ3v) is 3.28. The van der Waals surface area contributed by atoms with Gasteiger partial charge in [-0.3, -0.25) is 4.99 Å². The van der Waals surface area contributed by atoms with Gasteiger partial charge in [0.05, 0.1) is 5.71 Å². The van der Waals surface area contributed by atoms with Crippen molar-refractivity contribution >= 4 is 11.5 Å². The van der Waals surface area contributed by atoms with E-state index in [1.165, 1.54) is 24.1 Å². The van der Waals surface area contributed by atoms with Crippen molar-refractivity contribution in [1.29, 1.82) is 0 Å². The van der Waals surface area contributed by atoms with Gasteiger partial charge in [0.1, 0.15) is 5.84 Å². The second-order valence-corrected chi connectivity index (χ2v) is 4.64. The molecule has 1 heterocycles. The van der Waals surface area contributed by atoms with Crippen molar-refractivity contribution in [2.75, 3.05) is 13.6 Å². The summed E-state index contributed by atoms with van der Waals surface area (Å²) in [5.74, 6) is 1.42. The normalized spacial score (nSPS) is 31.3. The topological polar surface area (TPSA) is 36.8 Å². The van der Waals surface area contributed by atoms with Crippen molar-refractivity contribution in [2.45, 2.75) is 32.7 Å². The molecular formula is C13H20N3. The number of allylic oxidation sites excluding steroid dienone is 2. The van der Waals surface area contributed by atoms with Crippen molar-refractivity contribution in [3.63, 3.8) is 0 Å². The Kier molecular flexibility index (Phi) is 3.54. The van der Waals surface area contributed by atoms with Gasteiger partial charge in [-0.1, -0.05) is 6.08 Å². The molecule has 1 saturated heterocycles. The average Bonchev–Trinajstić information content (AvgIpc) is 3.11. The first-order valence-electron chi connectivity index (χ1n) is 6.01. The summed E-state index contributed by atoms with van der Waals surface area (Å²) >= 11 is 0. The van der Waals surface area contributed by atoms with Crippen LogP contribution in [0, 0.1) is 12.3 Å². The Bertz CT molecular complexity index is 344. The van der Waals surface area contributed by atoms with Gasteiger partial charge in [0.2, 0.25) is 0 Å². The average molecular weight is 218 g/mol. The fourth-order valence-electron chi connectivity index (χ4n) is 2.06. The Morgan fingerprint density at radius 1 is 1.44 bits per heavy atom. The maximum Gasteiger partial charge on any atom is 0.120 e. The Balaban J connectivity index is 2.08. The van der Waals surface area contributed by atoms with Crippen LogP contribution in [0.2, 0.25) is 0 Å². The van der Waals surface area contributed by atoms with E-state index in [0.29, 0.717) is 12.0 Å². The van der Waals surface area contributed by atoms with E-state index in [1.54, 1.807) is 7.05 Å². The second kappa shape index (κ2) is 4.91. The van der Waals surface area contributed by atoms with Gasteiger partial charge in [-0.2, -0.15) is 0 Å². The summed E-state index contributed by atoms with van der Waals surface area (Å²) < 4.78 is 0. The molecule has 0 bridgehead atoms. The van der Waals surface area contributed by atoms with Gasteiger partial charge < -0.3 is 5.32 Å². The molecule has 1 fully saturated rings. The van der Waals surface area contributed by atoms with Gasteiger partial charge in [-0.25, -0.2) is 4.99 Å². The lowest BCUT2D eigenvalue weighted by Crippen LogP contribution is -2.40. The summed E-state index contributed by atoms with van der Waals surface area (Å²) in [6, 6.07) is 0.649. The van der Waals surface area contributed by atoms with Crippen LogP contribution in [0.5, 0.6) is 0 Å². The van der Waals surface area contributed by atoms with Crippen LogP contribution in [0.15, 0.2) is 21.6 Å². The lowest BCUT2D eigenvalue weighted by Gasteiger charge is -2.28. The summed E-state index contributed by atoms with van der Waals surface area (Å²) in [5.41, 5.74) is 2.53. The molecule has 16 heavy (non-hydrogen) atoms. The van der Waals surface area contributed by atoms with Crippen LogP contribution in [0.1, 0.15) is 26.7 Å². The predicted octanol–water partition coefficient (Wildman–Crippen LogP) is 2.01. The second-order valence-electron chi connectivity index (χ2n) is 4.64. The van der Waals surface area contributed by atoms with E-state index in [2.05, 4.69) is 34.7 Å². The minimum absolute atomic E-state index is 0.554. The van der Waals surface area contributed by atoms with E-state index in [9.17, 15) is 0 Å². The number of piperidine rings is 1. The van der Waals surface area contributed by atoms with Gasteiger partial charge in [0.25, 0.3) is 0 Å². The van der Waals surface area contributed by atoms with Gasteiger partial charge >= 0.3 is 0 Å². The van der Waals surface area contributed by atoms with E-state index < -0.39 is 0 Å². The highest BCUT2D eigenvalue weighted by atomic mass is 14.9. The highest BCUT2D eigenvalue weighted by Gasteiger charge is 2.27. The van der Waals surface area contributed by atoms with Crippen molar-refractivity contribution < 1.29 is 0 Å². The van der Waals surface area contributed by atoms with E-state index in [-0.39, 0.29) is 0 Å². The van der Waals surface area contributed by atoms with Crippen molar-refractivity contribution in [3.8, 4) is 0 Å². The first-order chi connectivity index (χ1) is 7.70. The number of hydrogen-bond donors (Lipinski definition) is 1. The Hall–Kier alpha value is -0.960. The first kappa shape index (κ1) is 11.5. The van der Waals surface area contributed by atoms with Crippen LogP contribution in [0.4, 0.5) is 0 Å². The molecule has 2 rings (SSSR count). The Labute approximate surface area is 97.8 Å². The first-order valence-corrected chi connectivity index (χ1v) is 6.01. The minimum Gasteiger partial charge on any atom is -0.314 e. The standard InChI is InChI=1S/C13H20N3/c1-9-4-5-12(8-15-9)13(11-6-7-11)16-10(2)14-3/h6-7,9,12,15H,4-5,8H2,1-3H3/t9-,12+/m0/s1. The smallest absolute Gasteiger partial charge is 0.120 e. The molecule has 1 aliphatic heterocycles. The van der Waals surface area contributed by atoms with Gasteiger partial charge in [0, 0.05) is 32.0 Å². The molecule has 0 unspecified atom stereocenters. The van der Waals surface area contributed by atoms with Crippen LogP contribution in [0.3, 0.4) is 0 Å². The molecule has 0 aromatic heterocycles.